The largest absolute Gasteiger partial charge is 0.396 e. The van der Waals surface area contributed by atoms with Gasteiger partial charge < -0.3 is 10.6 Å². The minimum Gasteiger partial charge on any atom is -0.396 e. The zero-order valence-corrected chi connectivity index (χ0v) is 12.1. The van der Waals surface area contributed by atoms with E-state index in [1.165, 1.54) is 10.5 Å². The van der Waals surface area contributed by atoms with Crippen LogP contribution in [0.25, 0.3) is 0 Å². The van der Waals surface area contributed by atoms with Gasteiger partial charge in [-0.15, -0.1) is 0 Å². The van der Waals surface area contributed by atoms with Crippen molar-refractivity contribution in [3.63, 3.8) is 0 Å². The molecule has 0 saturated carbocycles. The van der Waals surface area contributed by atoms with Gasteiger partial charge in [-0.2, -0.15) is 4.31 Å². The lowest BCUT2D eigenvalue weighted by atomic mass is 10.1. The van der Waals surface area contributed by atoms with Crippen molar-refractivity contribution in [2.24, 2.45) is 0 Å². The maximum Gasteiger partial charge on any atom is 0.262 e. The molecule has 0 aliphatic carbocycles. The predicted octanol–water partition coefficient (Wildman–Crippen LogP) is 0.378. The summed E-state index contributed by atoms with van der Waals surface area (Å²) in [6.07, 6.45) is 3.11. The van der Waals surface area contributed by atoms with Gasteiger partial charge in [-0.1, -0.05) is 0 Å². The topological polar surface area (TPSA) is 79.5 Å². The lowest BCUT2D eigenvalue weighted by molar-refractivity contribution is 0.197. The first kappa shape index (κ1) is 14.2. The molecule has 1 aromatic rings. The first-order chi connectivity index (χ1) is 8.93. The van der Waals surface area contributed by atoms with Crippen LogP contribution in [0.15, 0.2) is 23.4 Å². The Balaban J connectivity index is 2.23. The van der Waals surface area contributed by atoms with Gasteiger partial charge in [0, 0.05) is 19.3 Å². The zero-order valence-electron chi connectivity index (χ0n) is 11.3. The molecular formula is C12H20N4O2S. The molecule has 1 aromatic heterocycles. The van der Waals surface area contributed by atoms with Crippen LogP contribution < -0.4 is 5.73 Å². The highest BCUT2D eigenvalue weighted by Crippen LogP contribution is 2.23. The number of pyridine rings is 1. The molecule has 2 N–H and O–H groups in total. The molecule has 0 bridgehead atoms. The van der Waals surface area contributed by atoms with Crippen molar-refractivity contribution in [1.82, 2.24) is 14.2 Å². The summed E-state index contributed by atoms with van der Waals surface area (Å²) in [5.41, 5.74) is 5.92. The predicted molar refractivity (Wildman–Crippen MR) is 74.1 cm³/mol. The summed E-state index contributed by atoms with van der Waals surface area (Å²) < 4.78 is 26.4. The van der Waals surface area contributed by atoms with E-state index in [-0.39, 0.29) is 16.8 Å². The number of sulfonamides is 1. The molecule has 1 aliphatic heterocycles. The molecule has 1 aliphatic rings. The molecule has 0 amide bonds. The molecule has 7 heteroatoms. The molecule has 2 rings (SSSR count). The molecule has 19 heavy (non-hydrogen) atoms. The fourth-order valence-electron chi connectivity index (χ4n) is 2.31. The molecule has 1 saturated heterocycles. The van der Waals surface area contributed by atoms with E-state index >= 15 is 0 Å². The quantitative estimate of drug-likeness (QED) is 0.868. The van der Waals surface area contributed by atoms with Gasteiger partial charge in [0.25, 0.3) is 10.0 Å². The first-order valence-corrected chi connectivity index (χ1v) is 7.74. The van der Waals surface area contributed by atoms with Gasteiger partial charge in [0.2, 0.25) is 0 Å². The number of likely N-dealkylation sites (tertiary alicyclic amines) is 1. The number of hydrogen-bond acceptors (Lipinski definition) is 5. The second kappa shape index (κ2) is 5.44. The summed E-state index contributed by atoms with van der Waals surface area (Å²) >= 11 is 0. The average Bonchev–Trinajstić information content (AvgIpc) is 2.39. The molecule has 2 heterocycles. The van der Waals surface area contributed by atoms with Crippen molar-refractivity contribution in [2.45, 2.75) is 23.9 Å². The van der Waals surface area contributed by atoms with Gasteiger partial charge in [-0.05, 0) is 45.1 Å². The lowest BCUT2D eigenvalue weighted by Crippen LogP contribution is -2.44. The normalized spacial score (nSPS) is 18.9. The van der Waals surface area contributed by atoms with Gasteiger partial charge in [0.15, 0.2) is 5.03 Å². The Hall–Kier alpha value is -1.18. The number of piperidine rings is 1. The Labute approximate surface area is 114 Å². The van der Waals surface area contributed by atoms with Crippen LogP contribution in [0.5, 0.6) is 0 Å². The molecule has 0 radical (unpaired) electrons. The van der Waals surface area contributed by atoms with Crippen molar-refractivity contribution >= 4 is 15.7 Å². The minimum atomic E-state index is -3.61. The Kier molecular flexibility index (Phi) is 4.07. The third kappa shape index (κ3) is 2.88. The molecule has 0 atom stereocenters. The van der Waals surface area contributed by atoms with E-state index in [1.807, 2.05) is 7.05 Å². The van der Waals surface area contributed by atoms with E-state index in [0.717, 1.165) is 25.9 Å². The number of aromatic nitrogens is 1. The average molecular weight is 284 g/mol. The third-order valence-corrected chi connectivity index (χ3v) is 5.51. The van der Waals surface area contributed by atoms with Crippen molar-refractivity contribution in [3.8, 4) is 0 Å². The maximum atomic E-state index is 12.5. The van der Waals surface area contributed by atoms with Crippen LogP contribution in [-0.4, -0.2) is 55.8 Å². The lowest BCUT2D eigenvalue weighted by Gasteiger charge is -2.34. The summed E-state index contributed by atoms with van der Waals surface area (Å²) in [7, 11) is 0.0456. The van der Waals surface area contributed by atoms with Crippen LogP contribution in [0.3, 0.4) is 0 Å². The van der Waals surface area contributed by atoms with Gasteiger partial charge in [0.05, 0.1) is 5.69 Å². The zero-order chi connectivity index (χ0) is 14.0. The number of nitrogens with two attached hydrogens (primary N) is 1. The number of hydrogen-bond donors (Lipinski definition) is 1. The highest BCUT2D eigenvalue weighted by molar-refractivity contribution is 7.89. The maximum absolute atomic E-state index is 12.5. The molecule has 1 fully saturated rings. The van der Waals surface area contributed by atoms with Gasteiger partial charge in [0.1, 0.15) is 0 Å². The Morgan fingerprint density at radius 2 is 2.05 bits per heavy atom. The van der Waals surface area contributed by atoms with Crippen LogP contribution in [-0.2, 0) is 10.0 Å². The van der Waals surface area contributed by atoms with E-state index < -0.39 is 10.0 Å². The van der Waals surface area contributed by atoms with E-state index in [4.69, 9.17) is 5.73 Å². The van der Waals surface area contributed by atoms with Crippen LogP contribution in [0, 0.1) is 0 Å². The van der Waals surface area contributed by atoms with E-state index in [0.29, 0.717) is 0 Å². The highest BCUT2D eigenvalue weighted by atomic mass is 32.2. The van der Waals surface area contributed by atoms with Crippen molar-refractivity contribution in [3.05, 3.63) is 18.3 Å². The smallest absolute Gasteiger partial charge is 0.262 e. The van der Waals surface area contributed by atoms with Crippen LogP contribution in [0.4, 0.5) is 5.69 Å². The summed E-state index contributed by atoms with van der Waals surface area (Å²) in [5.74, 6) is 0. The fourth-order valence-corrected chi connectivity index (χ4v) is 3.75. The van der Waals surface area contributed by atoms with E-state index in [1.54, 1.807) is 19.2 Å². The van der Waals surface area contributed by atoms with Crippen LogP contribution in [0.1, 0.15) is 12.8 Å². The number of nitrogens with zero attached hydrogens (tertiary/aromatic N) is 3. The van der Waals surface area contributed by atoms with Crippen LogP contribution >= 0.6 is 0 Å². The summed E-state index contributed by atoms with van der Waals surface area (Å²) in [6.45, 7) is 1.81. The van der Waals surface area contributed by atoms with Gasteiger partial charge in [-0.3, -0.25) is 0 Å². The SMILES string of the molecule is CN1CCC(N(C)S(=O)(=O)c2ncccc2N)CC1. The van der Waals surface area contributed by atoms with Gasteiger partial charge in [-0.25, -0.2) is 13.4 Å². The summed E-state index contributed by atoms with van der Waals surface area (Å²) in [5, 5.41) is -0.0450. The standard InChI is InChI=1S/C12H20N4O2S/c1-15-8-5-10(6-9-15)16(2)19(17,18)12-11(13)4-3-7-14-12/h3-4,7,10H,5-6,8-9,13H2,1-2H3. The van der Waals surface area contributed by atoms with E-state index in [2.05, 4.69) is 9.88 Å². The fraction of sp³-hybridized carbons (Fsp3) is 0.583. The highest BCUT2D eigenvalue weighted by Gasteiger charge is 2.32. The molecule has 6 nitrogen and oxygen atoms in total. The van der Waals surface area contributed by atoms with Crippen molar-refractivity contribution in [1.29, 1.82) is 0 Å². The molecule has 106 valence electrons. The third-order valence-electron chi connectivity index (χ3n) is 3.63. The second-order valence-corrected chi connectivity index (χ2v) is 6.87. The Morgan fingerprint density at radius 1 is 1.42 bits per heavy atom. The monoisotopic (exact) mass is 284 g/mol. The van der Waals surface area contributed by atoms with E-state index in [9.17, 15) is 8.42 Å². The minimum absolute atomic E-state index is 0.0163. The molecular weight excluding hydrogens is 264 g/mol. The molecule has 0 spiro atoms. The molecule has 0 aromatic carbocycles. The number of nitrogen functional groups attached to an aromatic ring is 1. The summed E-state index contributed by atoms with van der Waals surface area (Å²) in [4.78, 5) is 6.12. The Bertz CT molecular complexity index is 538. The van der Waals surface area contributed by atoms with Crippen molar-refractivity contribution < 1.29 is 8.42 Å². The molecule has 0 unspecified atom stereocenters. The number of rotatable bonds is 3. The summed E-state index contributed by atoms with van der Waals surface area (Å²) in [6, 6.07) is 3.20. The van der Waals surface area contributed by atoms with Crippen LogP contribution in [0.2, 0.25) is 0 Å². The van der Waals surface area contributed by atoms with Crippen molar-refractivity contribution in [2.75, 3.05) is 32.9 Å². The first-order valence-electron chi connectivity index (χ1n) is 6.30. The van der Waals surface area contributed by atoms with Gasteiger partial charge >= 0.3 is 0 Å². The second-order valence-electron chi connectivity index (χ2n) is 4.95. The Morgan fingerprint density at radius 3 is 2.63 bits per heavy atom. The number of anilines is 1.